The molecule has 2 aliphatic rings. The van der Waals surface area contributed by atoms with Crippen LogP contribution in [0.15, 0.2) is 0 Å². The summed E-state index contributed by atoms with van der Waals surface area (Å²) in [5.74, 6) is 0.292. The summed E-state index contributed by atoms with van der Waals surface area (Å²) in [6.07, 6.45) is 3.71. The van der Waals surface area contributed by atoms with Crippen LogP contribution in [0.1, 0.15) is 33.1 Å². The highest BCUT2D eigenvalue weighted by Crippen LogP contribution is 2.29. The quantitative estimate of drug-likeness (QED) is 0.678. The Labute approximate surface area is 85.8 Å². The SMILES string of the molecule is CC1(C)CNCC(=O)N(C2CCC2)C1. The van der Waals surface area contributed by atoms with Gasteiger partial charge in [-0.1, -0.05) is 13.8 Å². The molecular weight excluding hydrogens is 176 g/mol. The highest BCUT2D eigenvalue weighted by atomic mass is 16.2. The van der Waals surface area contributed by atoms with Gasteiger partial charge in [0.1, 0.15) is 0 Å². The van der Waals surface area contributed by atoms with E-state index in [1.165, 1.54) is 19.3 Å². The Balaban J connectivity index is 2.06. The average Bonchev–Trinajstić information content (AvgIpc) is 2.08. The molecule has 1 aliphatic heterocycles. The van der Waals surface area contributed by atoms with Gasteiger partial charge in [0, 0.05) is 19.1 Å². The van der Waals surface area contributed by atoms with E-state index in [1.807, 2.05) is 0 Å². The normalized spacial score (nSPS) is 28.4. The minimum Gasteiger partial charge on any atom is -0.338 e. The van der Waals surface area contributed by atoms with E-state index in [0.717, 1.165) is 13.1 Å². The zero-order chi connectivity index (χ0) is 10.2. The largest absolute Gasteiger partial charge is 0.338 e. The van der Waals surface area contributed by atoms with Crippen LogP contribution in [0.5, 0.6) is 0 Å². The van der Waals surface area contributed by atoms with Gasteiger partial charge < -0.3 is 10.2 Å². The van der Waals surface area contributed by atoms with Crippen LogP contribution in [0.3, 0.4) is 0 Å². The standard InChI is InChI=1S/C11H20N2O/c1-11(2)7-12-6-10(14)13(8-11)9-4-3-5-9/h9,12H,3-8H2,1-2H3. The number of hydrogen-bond donors (Lipinski definition) is 1. The molecule has 80 valence electrons. The first-order chi connectivity index (χ1) is 6.58. The van der Waals surface area contributed by atoms with Crippen molar-refractivity contribution in [2.45, 2.75) is 39.2 Å². The van der Waals surface area contributed by atoms with Gasteiger partial charge >= 0.3 is 0 Å². The van der Waals surface area contributed by atoms with Gasteiger partial charge in [0.2, 0.25) is 5.91 Å². The fraction of sp³-hybridized carbons (Fsp3) is 0.909. The summed E-state index contributed by atoms with van der Waals surface area (Å²) in [7, 11) is 0. The number of carbonyl (C=O) groups excluding carboxylic acids is 1. The third-order valence-corrected chi connectivity index (χ3v) is 3.31. The van der Waals surface area contributed by atoms with E-state index in [1.54, 1.807) is 0 Å². The van der Waals surface area contributed by atoms with E-state index >= 15 is 0 Å². The second-order valence-corrected chi connectivity index (χ2v) is 5.37. The van der Waals surface area contributed by atoms with Crippen LogP contribution in [0.25, 0.3) is 0 Å². The van der Waals surface area contributed by atoms with E-state index in [4.69, 9.17) is 0 Å². The molecule has 1 saturated carbocycles. The van der Waals surface area contributed by atoms with Crippen LogP contribution in [-0.4, -0.2) is 36.5 Å². The monoisotopic (exact) mass is 196 g/mol. The van der Waals surface area contributed by atoms with Gasteiger partial charge in [-0.05, 0) is 24.7 Å². The van der Waals surface area contributed by atoms with E-state index in [2.05, 4.69) is 24.1 Å². The van der Waals surface area contributed by atoms with Crippen LogP contribution in [0.4, 0.5) is 0 Å². The van der Waals surface area contributed by atoms with E-state index in [9.17, 15) is 4.79 Å². The van der Waals surface area contributed by atoms with Crippen LogP contribution >= 0.6 is 0 Å². The van der Waals surface area contributed by atoms with Crippen molar-refractivity contribution in [1.29, 1.82) is 0 Å². The molecule has 2 fully saturated rings. The lowest BCUT2D eigenvalue weighted by atomic mass is 9.87. The maximum absolute atomic E-state index is 11.8. The fourth-order valence-electron chi connectivity index (χ4n) is 2.25. The Bertz CT molecular complexity index is 233. The molecule has 0 radical (unpaired) electrons. The van der Waals surface area contributed by atoms with Gasteiger partial charge in [0.15, 0.2) is 0 Å². The molecule has 0 bridgehead atoms. The molecule has 3 nitrogen and oxygen atoms in total. The minimum atomic E-state index is 0.224. The van der Waals surface area contributed by atoms with Crippen molar-refractivity contribution in [3.05, 3.63) is 0 Å². The molecule has 0 spiro atoms. The summed E-state index contributed by atoms with van der Waals surface area (Å²) in [5.41, 5.74) is 0.224. The lowest BCUT2D eigenvalue weighted by Gasteiger charge is -2.40. The summed E-state index contributed by atoms with van der Waals surface area (Å²) in [4.78, 5) is 13.9. The molecule has 0 aromatic carbocycles. The highest BCUT2D eigenvalue weighted by Gasteiger charge is 2.34. The molecule has 1 aliphatic carbocycles. The van der Waals surface area contributed by atoms with Crippen molar-refractivity contribution in [3.8, 4) is 0 Å². The predicted molar refractivity (Wildman–Crippen MR) is 56.0 cm³/mol. The van der Waals surface area contributed by atoms with Crippen LogP contribution in [0, 0.1) is 5.41 Å². The average molecular weight is 196 g/mol. The second-order valence-electron chi connectivity index (χ2n) is 5.37. The lowest BCUT2D eigenvalue weighted by Crippen LogP contribution is -2.48. The van der Waals surface area contributed by atoms with Gasteiger partial charge in [-0.3, -0.25) is 4.79 Å². The Kier molecular flexibility index (Phi) is 2.52. The van der Waals surface area contributed by atoms with Gasteiger partial charge in [-0.2, -0.15) is 0 Å². The molecule has 14 heavy (non-hydrogen) atoms. The first-order valence-corrected chi connectivity index (χ1v) is 5.59. The predicted octanol–water partition coefficient (Wildman–Crippen LogP) is 0.997. The molecular formula is C11H20N2O. The Hall–Kier alpha value is -0.570. The van der Waals surface area contributed by atoms with Crippen LogP contribution < -0.4 is 5.32 Å². The Morgan fingerprint density at radius 2 is 2.14 bits per heavy atom. The summed E-state index contributed by atoms with van der Waals surface area (Å²) in [6.45, 7) is 6.85. The van der Waals surface area contributed by atoms with Crippen molar-refractivity contribution in [2.24, 2.45) is 5.41 Å². The number of amides is 1. The second kappa shape index (κ2) is 3.54. The van der Waals surface area contributed by atoms with E-state index in [0.29, 0.717) is 18.5 Å². The maximum Gasteiger partial charge on any atom is 0.236 e. The molecule has 3 heteroatoms. The summed E-state index contributed by atoms with van der Waals surface area (Å²) < 4.78 is 0. The third kappa shape index (κ3) is 1.92. The van der Waals surface area contributed by atoms with Gasteiger partial charge in [0.25, 0.3) is 0 Å². The van der Waals surface area contributed by atoms with E-state index < -0.39 is 0 Å². The molecule has 2 rings (SSSR count). The first-order valence-electron chi connectivity index (χ1n) is 5.59. The van der Waals surface area contributed by atoms with Crippen LogP contribution in [0.2, 0.25) is 0 Å². The molecule has 1 heterocycles. The minimum absolute atomic E-state index is 0.224. The molecule has 0 unspecified atom stereocenters. The number of nitrogens with zero attached hydrogens (tertiary/aromatic N) is 1. The van der Waals surface area contributed by atoms with Crippen molar-refractivity contribution in [2.75, 3.05) is 19.6 Å². The van der Waals surface area contributed by atoms with Crippen molar-refractivity contribution < 1.29 is 4.79 Å². The van der Waals surface area contributed by atoms with Crippen LogP contribution in [-0.2, 0) is 4.79 Å². The molecule has 1 N–H and O–H groups in total. The molecule has 1 saturated heterocycles. The van der Waals surface area contributed by atoms with Gasteiger partial charge in [-0.25, -0.2) is 0 Å². The summed E-state index contributed by atoms with van der Waals surface area (Å²) in [6, 6.07) is 0.543. The van der Waals surface area contributed by atoms with Crippen molar-refractivity contribution in [1.82, 2.24) is 10.2 Å². The molecule has 1 amide bonds. The Morgan fingerprint density at radius 3 is 2.71 bits per heavy atom. The number of nitrogens with one attached hydrogen (secondary N) is 1. The number of rotatable bonds is 1. The Morgan fingerprint density at radius 1 is 1.43 bits per heavy atom. The zero-order valence-corrected chi connectivity index (χ0v) is 9.18. The number of carbonyl (C=O) groups is 1. The highest BCUT2D eigenvalue weighted by molar-refractivity contribution is 5.79. The fourth-order valence-corrected chi connectivity index (χ4v) is 2.25. The molecule has 0 atom stereocenters. The summed E-state index contributed by atoms with van der Waals surface area (Å²) >= 11 is 0. The number of hydrogen-bond acceptors (Lipinski definition) is 2. The maximum atomic E-state index is 11.8. The molecule has 0 aromatic heterocycles. The topological polar surface area (TPSA) is 32.3 Å². The third-order valence-electron chi connectivity index (χ3n) is 3.31. The van der Waals surface area contributed by atoms with Crippen molar-refractivity contribution >= 4 is 5.91 Å². The lowest BCUT2D eigenvalue weighted by molar-refractivity contribution is -0.134. The van der Waals surface area contributed by atoms with Gasteiger partial charge in [0.05, 0.1) is 6.54 Å². The summed E-state index contributed by atoms with van der Waals surface area (Å²) in [5, 5.41) is 3.23. The van der Waals surface area contributed by atoms with Crippen molar-refractivity contribution in [3.63, 3.8) is 0 Å². The van der Waals surface area contributed by atoms with Gasteiger partial charge in [-0.15, -0.1) is 0 Å². The molecule has 0 aromatic rings. The van der Waals surface area contributed by atoms with E-state index in [-0.39, 0.29) is 5.41 Å². The zero-order valence-electron chi connectivity index (χ0n) is 9.18. The smallest absolute Gasteiger partial charge is 0.236 e. The first kappa shape index (κ1) is 9.97.